The summed E-state index contributed by atoms with van der Waals surface area (Å²) in [5.74, 6) is 2.13. The van der Waals surface area contributed by atoms with Crippen molar-refractivity contribution in [2.75, 3.05) is 38.2 Å². The van der Waals surface area contributed by atoms with Gasteiger partial charge in [-0.05, 0) is 49.4 Å². The van der Waals surface area contributed by atoms with Gasteiger partial charge in [-0.2, -0.15) is 5.10 Å². The molecule has 180 valence electrons. The summed E-state index contributed by atoms with van der Waals surface area (Å²) >= 11 is 6.16. The van der Waals surface area contributed by atoms with E-state index >= 15 is 0 Å². The van der Waals surface area contributed by atoms with Crippen molar-refractivity contribution in [1.29, 1.82) is 0 Å². The maximum Gasteiger partial charge on any atom is 0.263 e. The Bertz CT molecular complexity index is 1330. The fraction of sp³-hybridized carbons (Fsp3) is 0.280. The van der Waals surface area contributed by atoms with Gasteiger partial charge in [0, 0.05) is 31.2 Å². The number of methoxy groups -OCH3 is 1. The number of piperazine rings is 1. The average Bonchev–Trinajstić information content (AvgIpc) is 3.33. The Kier molecular flexibility index (Phi) is 6.41. The number of aromatic nitrogens is 4. The molecule has 0 N–H and O–H groups in total. The summed E-state index contributed by atoms with van der Waals surface area (Å²) in [5.41, 5.74) is 1.54. The van der Waals surface area contributed by atoms with Crippen LogP contribution < -0.4 is 14.4 Å². The van der Waals surface area contributed by atoms with Crippen LogP contribution in [0.2, 0.25) is 5.02 Å². The van der Waals surface area contributed by atoms with E-state index in [1.54, 1.807) is 43.4 Å². The van der Waals surface area contributed by atoms with Crippen LogP contribution in [-0.4, -0.2) is 69.9 Å². The van der Waals surface area contributed by atoms with Crippen LogP contribution in [0.15, 0.2) is 61.1 Å². The first-order valence-corrected chi connectivity index (χ1v) is 11.7. The normalized spacial score (nSPS) is 14.7. The summed E-state index contributed by atoms with van der Waals surface area (Å²) in [4.78, 5) is 25.9. The van der Waals surface area contributed by atoms with E-state index in [4.69, 9.17) is 21.1 Å². The van der Waals surface area contributed by atoms with Crippen LogP contribution in [0, 0.1) is 0 Å². The molecule has 10 heteroatoms. The fourth-order valence-electron chi connectivity index (χ4n) is 4.19. The summed E-state index contributed by atoms with van der Waals surface area (Å²) in [6, 6.07) is 14.7. The number of nitrogens with zero attached hydrogens (tertiary/aromatic N) is 6. The van der Waals surface area contributed by atoms with Gasteiger partial charge < -0.3 is 19.3 Å². The number of ether oxygens (including phenoxy) is 2. The third-order valence-electron chi connectivity index (χ3n) is 6.01. The number of fused-ring (bicyclic) bond motifs is 1. The van der Waals surface area contributed by atoms with Crippen LogP contribution in [0.4, 0.5) is 5.82 Å². The largest absolute Gasteiger partial charge is 0.497 e. The lowest BCUT2D eigenvalue weighted by atomic mass is 10.2. The number of hydrogen-bond donors (Lipinski definition) is 0. The molecule has 9 nitrogen and oxygen atoms in total. The summed E-state index contributed by atoms with van der Waals surface area (Å²) in [5, 5.41) is 6.00. The Hall–Kier alpha value is -3.85. The van der Waals surface area contributed by atoms with Crippen LogP contribution >= 0.6 is 11.6 Å². The molecule has 0 aliphatic carbocycles. The van der Waals surface area contributed by atoms with Gasteiger partial charge in [0.15, 0.2) is 11.8 Å². The van der Waals surface area contributed by atoms with Crippen LogP contribution in [0.25, 0.3) is 16.7 Å². The van der Waals surface area contributed by atoms with E-state index in [2.05, 4.69) is 20.0 Å². The van der Waals surface area contributed by atoms with Crippen molar-refractivity contribution >= 4 is 34.4 Å². The lowest BCUT2D eigenvalue weighted by Gasteiger charge is -2.36. The van der Waals surface area contributed by atoms with Crippen molar-refractivity contribution in [3.8, 4) is 17.2 Å². The molecule has 1 atom stereocenters. The van der Waals surface area contributed by atoms with E-state index in [1.165, 1.54) is 0 Å². The molecule has 3 heterocycles. The molecule has 1 unspecified atom stereocenters. The fourth-order valence-corrected chi connectivity index (χ4v) is 4.37. The second-order valence-electron chi connectivity index (χ2n) is 8.22. The van der Waals surface area contributed by atoms with Crippen molar-refractivity contribution in [2.24, 2.45) is 0 Å². The van der Waals surface area contributed by atoms with Gasteiger partial charge in [0.2, 0.25) is 0 Å². The van der Waals surface area contributed by atoms with Crippen LogP contribution in [0.5, 0.6) is 11.5 Å². The van der Waals surface area contributed by atoms with E-state index in [0.29, 0.717) is 42.6 Å². The zero-order chi connectivity index (χ0) is 24.4. The Morgan fingerprint density at radius 2 is 1.77 bits per heavy atom. The Balaban J connectivity index is 1.26. The number of amides is 1. The van der Waals surface area contributed by atoms with Crippen molar-refractivity contribution in [1.82, 2.24) is 24.6 Å². The molecule has 0 spiro atoms. The van der Waals surface area contributed by atoms with Gasteiger partial charge in [-0.25, -0.2) is 14.6 Å². The molecule has 0 radical (unpaired) electrons. The van der Waals surface area contributed by atoms with Crippen molar-refractivity contribution in [3.63, 3.8) is 0 Å². The van der Waals surface area contributed by atoms with Gasteiger partial charge >= 0.3 is 0 Å². The zero-order valence-corrected chi connectivity index (χ0v) is 20.2. The molecule has 35 heavy (non-hydrogen) atoms. The van der Waals surface area contributed by atoms with Gasteiger partial charge in [-0.15, -0.1) is 0 Å². The van der Waals surface area contributed by atoms with Crippen LogP contribution in [0.3, 0.4) is 0 Å². The minimum atomic E-state index is -0.586. The van der Waals surface area contributed by atoms with E-state index in [1.807, 2.05) is 41.3 Å². The van der Waals surface area contributed by atoms with E-state index in [-0.39, 0.29) is 5.91 Å². The first-order chi connectivity index (χ1) is 17.0. The molecule has 0 saturated carbocycles. The Morgan fingerprint density at radius 3 is 2.49 bits per heavy atom. The summed E-state index contributed by atoms with van der Waals surface area (Å²) in [6.07, 6.45) is 2.73. The van der Waals surface area contributed by atoms with Gasteiger partial charge in [0.1, 0.15) is 23.6 Å². The highest BCUT2D eigenvalue weighted by Crippen LogP contribution is 2.26. The standard InChI is InChI=1S/C25H25ClN6O3/c1-17(35-21-8-6-20(34-2)7-9-21)25(33)31-12-10-30(11-13-31)23-22-15-29-32(24(22)28-16-27-23)19-5-3-4-18(26)14-19/h3-9,14-17H,10-13H2,1-2H3. The number of halogens is 1. The van der Waals surface area contributed by atoms with Gasteiger partial charge in [-0.3, -0.25) is 4.79 Å². The minimum Gasteiger partial charge on any atom is -0.497 e. The van der Waals surface area contributed by atoms with Gasteiger partial charge in [-0.1, -0.05) is 17.7 Å². The van der Waals surface area contributed by atoms with Crippen molar-refractivity contribution < 1.29 is 14.3 Å². The van der Waals surface area contributed by atoms with E-state index in [9.17, 15) is 4.79 Å². The molecular formula is C25H25ClN6O3. The quantitative estimate of drug-likeness (QED) is 0.406. The molecule has 1 aliphatic rings. The summed E-state index contributed by atoms with van der Waals surface area (Å²) in [6.45, 7) is 4.22. The second-order valence-corrected chi connectivity index (χ2v) is 8.66. The van der Waals surface area contributed by atoms with Gasteiger partial charge in [0.05, 0.1) is 24.4 Å². The number of benzene rings is 2. The number of anilines is 1. The third kappa shape index (κ3) is 4.72. The lowest BCUT2D eigenvalue weighted by Crippen LogP contribution is -2.52. The zero-order valence-electron chi connectivity index (χ0n) is 19.5. The first-order valence-electron chi connectivity index (χ1n) is 11.3. The molecular weight excluding hydrogens is 468 g/mol. The SMILES string of the molecule is COc1ccc(OC(C)C(=O)N2CCN(c3ncnc4c3cnn4-c3cccc(Cl)c3)CC2)cc1. The second kappa shape index (κ2) is 9.79. The number of carbonyl (C=O) groups is 1. The predicted molar refractivity (Wildman–Crippen MR) is 134 cm³/mol. The van der Waals surface area contributed by atoms with Crippen LogP contribution in [0.1, 0.15) is 6.92 Å². The molecule has 1 amide bonds. The molecule has 0 bridgehead atoms. The highest BCUT2D eigenvalue weighted by molar-refractivity contribution is 6.30. The lowest BCUT2D eigenvalue weighted by molar-refractivity contribution is -0.138. The smallest absolute Gasteiger partial charge is 0.263 e. The summed E-state index contributed by atoms with van der Waals surface area (Å²) < 4.78 is 12.8. The van der Waals surface area contributed by atoms with E-state index < -0.39 is 6.10 Å². The monoisotopic (exact) mass is 492 g/mol. The maximum atomic E-state index is 13.0. The maximum absolute atomic E-state index is 13.0. The minimum absolute atomic E-state index is 0.0397. The Morgan fingerprint density at radius 1 is 1.03 bits per heavy atom. The topological polar surface area (TPSA) is 85.6 Å². The van der Waals surface area contributed by atoms with Gasteiger partial charge in [0.25, 0.3) is 5.91 Å². The molecule has 1 fully saturated rings. The van der Waals surface area contributed by atoms with Crippen LogP contribution in [-0.2, 0) is 4.79 Å². The summed E-state index contributed by atoms with van der Waals surface area (Å²) in [7, 11) is 1.61. The number of hydrogen-bond acceptors (Lipinski definition) is 7. The highest BCUT2D eigenvalue weighted by Gasteiger charge is 2.27. The number of carbonyl (C=O) groups excluding carboxylic acids is 1. The average molecular weight is 493 g/mol. The molecule has 2 aromatic carbocycles. The molecule has 2 aromatic heterocycles. The Labute approximate surface area is 207 Å². The van der Waals surface area contributed by atoms with Crippen molar-refractivity contribution in [3.05, 3.63) is 66.1 Å². The molecule has 4 aromatic rings. The molecule has 5 rings (SSSR count). The number of rotatable bonds is 6. The molecule has 1 saturated heterocycles. The predicted octanol–water partition coefficient (Wildman–Crippen LogP) is 3.59. The first kappa shape index (κ1) is 22.9. The molecule has 1 aliphatic heterocycles. The van der Waals surface area contributed by atoms with E-state index in [0.717, 1.165) is 22.6 Å². The third-order valence-corrected chi connectivity index (χ3v) is 6.24. The highest BCUT2D eigenvalue weighted by atomic mass is 35.5. The van der Waals surface area contributed by atoms with Crippen molar-refractivity contribution in [2.45, 2.75) is 13.0 Å².